The second-order valence-corrected chi connectivity index (χ2v) is 9.94. The molecule has 5 rings (SSSR count). The molecular weight excluding hydrogens is 498 g/mol. The minimum absolute atomic E-state index is 0.113. The Morgan fingerprint density at radius 3 is 1.62 bits per heavy atom. The Balaban J connectivity index is 1.62. The lowest BCUT2D eigenvalue weighted by Crippen LogP contribution is -2.40. The third kappa shape index (κ3) is 4.54. The zero-order valence-electron chi connectivity index (χ0n) is 21.9. The molecule has 10 heteroatoms. The fourth-order valence-electron chi connectivity index (χ4n) is 5.20. The van der Waals surface area contributed by atoms with Gasteiger partial charge in [0, 0.05) is 35.0 Å². The zero-order chi connectivity index (χ0) is 28.0. The molecule has 3 aromatic rings. The third-order valence-electron chi connectivity index (χ3n) is 7.22. The molecular formula is C29H27N5O5. The van der Waals surface area contributed by atoms with Gasteiger partial charge in [-0.3, -0.25) is 19.7 Å². The first-order valence-electron chi connectivity index (χ1n) is 12.5. The van der Waals surface area contributed by atoms with Crippen molar-refractivity contribution < 1.29 is 19.6 Å². The first kappa shape index (κ1) is 25.8. The van der Waals surface area contributed by atoms with Crippen LogP contribution in [-0.4, -0.2) is 33.3 Å². The number of carbonyl (C=O) groups is 2. The molecule has 0 saturated heterocycles. The van der Waals surface area contributed by atoms with E-state index in [1.165, 1.54) is 28.2 Å². The van der Waals surface area contributed by atoms with Crippen LogP contribution in [0.3, 0.4) is 0 Å². The van der Waals surface area contributed by atoms with E-state index in [0.29, 0.717) is 22.8 Å². The Kier molecular flexibility index (Phi) is 6.47. The summed E-state index contributed by atoms with van der Waals surface area (Å²) in [6, 6.07) is 18.2. The first-order chi connectivity index (χ1) is 18.6. The van der Waals surface area contributed by atoms with Crippen LogP contribution in [0.1, 0.15) is 36.5 Å². The summed E-state index contributed by atoms with van der Waals surface area (Å²) in [5, 5.41) is 34.2. The number of benzene rings is 3. The van der Waals surface area contributed by atoms with Crippen LogP contribution < -0.4 is 10.0 Å². The Bertz CT molecular complexity index is 1460. The number of hydrogen-bond donors (Lipinski definition) is 1. The predicted molar refractivity (Wildman–Crippen MR) is 148 cm³/mol. The topological polar surface area (TPSA) is 129 Å². The molecule has 2 unspecified atom stereocenters. The van der Waals surface area contributed by atoms with E-state index in [0.717, 1.165) is 11.1 Å². The van der Waals surface area contributed by atoms with Crippen LogP contribution >= 0.6 is 0 Å². The number of aryl methyl sites for hydroxylation is 2. The minimum Gasteiger partial charge on any atom is -0.508 e. The normalized spacial score (nSPS) is 19.8. The average Bonchev–Trinajstić information content (AvgIpc) is 3.36. The quantitative estimate of drug-likeness (QED) is 0.355. The number of amides is 2. The van der Waals surface area contributed by atoms with Crippen molar-refractivity contribution in [3.8, 4) is 5.75 Å². The molecule has 0 bridgehead atoms. The van der Waals surface area contributed by atoms with Gasteiger partial charge in [-0.05, 0) is 58.0 Å². The molecule has 2 heterocycles. The fraction of sp³-hybridized carbons (Fsp3) is 0.241. The van der Waals surface area contributed by atoms with E-state index in [9.17, 15) is 24.8 Å². The van der Waals surface area contributed by atoms with E-state index >= 15 is 0 Å². The fourth-order valence-corrected chi connectivity index (χ4v) is 5.20. The van der Waals surface area contributed by atoms with Gasteiger partial charge in [0.05, 0.1) is 28.1 Å². The highest BCUT2D eigenvalue weighted by Crippen LogP contribution is 2.46. The van der Waals surface area contributed by atoms with Crippen molar-refractivity contribution >= 4 is 40.3 Å². The second kappa shape index (κ2) is 9.79. The van der Waals surface area contributed by atoms with E-state index in [-0.39, 0.29) is 17.0 Å². The lowest BCUT2D eigenvalue weighted by molar-refractivity contribution is -0.385. The number of carbonyl (C=O) groups excluding carboxylic acids is 2. The lowest BCUT2D eigenvalue weighted by atomic mass is 9.72. The number of anilines is 2. The molecule has 0 spiro atoms. The average molecular weight is 526 g/mol. The highest BCUT2D eigenvalue weighted by molar-refractivity contribution is 6.19. The van der Waals surface area contributed by atoms with Crippen molar-refractivity contribution in [3.63, 3.8) is 0 Å². The summed E-state index contributed by atoms with van der Waals surface area (Å²) in [5.74, 6) is -4.01. The van der Waals surface area contributed by atoms with Crippen molar-refractivity contribution in [1.82, 2.24) is 0 Å². The van der Waals surface area contributed by atoms with Crippen LogP contribution in [0.15, 0.2) is 76.9 Å². The van der Waals surface area contributed by atoms with Crippen molar-refractivity contribution in [2.24, 2.45) is 22.0 Å². The number of rotatable bonds is 6. The van der Waals surface area contributed by atoms with Crippen molar-refractivity contribution in [2.45, 2.75) is 33.6 Å². The molecule has 0 aromatic heterocycles. The first-order valence-corrected chi connectivity index (χ1v) is 12.5. The molecule has 1 N–H and O–H groups in total. The number of hydrogen-bond acceptors (Lipinski definition) is 7. The van der Waals surface area contributed by atoms with E-state index in [1.54, 1.807) is 38.1 Å². The Labute approximate surface area is 225 Å². The number of hydrazone groups is 2. The van der Waals surface area contributed by atoms with Gasteiger partial charge in [0.1, 0.15) is 5.75 Å². The van der Waals surface area contributed by atoms with Crippen LogP contribution in [0.5, 0.6) is 5.75 Å². The summed E-state index contributed by atoms with van der Waals surface area (Å²) in [6.45, 7) is 7.23. The molecule has 198 valence electrons. The van der Waals surface area contributed by atoms with Gasteiger partial charge in [-0.25, -0.2) is 10.0 Å². The molecule has 39 heavy (non-hydrogen) atoms. The summed E-state index contributed by atoms with van der Waals surface area (Å²) in [5.41, 5.74) is 3.83. The molecule has 2 aliphatic heterocycles. The van der Waals surface area contributed by atoms with E-state index in [4.69, 9.17) is 0 Å². The predicted octanol–water partition coefficient (Wildman–Crippen LogP) is 5.08. The van der Waals surface area contributed by atoms with Gasteiger partial charge in [0.25, 0.3) is 17.5 Å². The van der Waals surface area contributed by atoms with Crippen molar-refractivity contribution in [1.29, 1.82) is 0 Å². The molecule has 0 saturated carbocycles. The number of nitro groups is 1. The molecule has 3 aromatic carbocycles. The molecule has 2 amide bonds. The van der Waals surface area contributed by atoms with Gasteiger partial charge in [-0.2, -0.15) is 10.2 Å². The summed E-state index contributed by atoms with van der Waals surface area (Å²) < 4.78 is 0. The van der Waals surface area contributed by atoms with Gasteiger partial charge in [0.2, 0.25) is 0 Å². The van der Waals surface area contributed by atoms with E-state index in [1.807, 2.05) is 38.1 Å². The molecule has 0 aliphatic carbocycles. The second-order valence-electron chi connectivity index (χ2n) is 9.94. The smallest absolute Gasteiger partial charge is 0.269 e. The largest absolute Gasteiger partial charge is 0.508 e. The zero-order valence-corrected chi connectivity index (χ0v) is 21.9. The summed E-state index contributed by atoms with van der Waals surface area (Å²) in [4.78, 5) is 38.9. The van der Waals surface area contributed by atoms with Gasteiger partial charge >= 0.3 is 0 Å². The number of nitrogens with zero attached hydrogens (tertiary/aromatic N) is 5. The number of aromatic hydroxyl groups is 1. The Hall–Kier alpha value is -4.86. The molecule has 2 aliphatic rings. The van der Waals surface area contributed by atoms with Crippen LogP contribution in [0.2, 0.25) is 0 Å². The van der Waals surface area contributed by atoms with Crippen LogP contribution in [-0.2, 0) is 9.59 Å². The molecule has 0 radical (unpaired) electrons. The summed E-state index contributed by atoms with van der Waals surface area (Å²) >= 11 is 0. The maximum Gasteiger partial charge on any atom is 0.269 e. The van der Waals surface area contributed by atoms with Gasteiger partial charge in [-0.15, -0.1) is 0 Å². The summed E-state index contributed by atoms with van der Waals surface area (Å²) in [7, 11) is 0. The van der Waals surface area contributed by atoms with Gasteiger partial charge in [-0.1, -0.05) is 35.4 Å². The molecule has 2 atom stereocenters. The molecule has 10 nitrogen and oxygen atoms in total. The standard InChI is InChI=1S/C29H27N5O5/c1-16-5-9-20(10-6-16)32-28(36)25(18(3)30-32)27(23-15-22(34(38)39)13-14-24(23)35)26-19(4)31-33(29(26)37)21-11-7-17(2)8-12-21/h5-15,25-27,35H,1-4H3. The van der Waals surface area contributed by atoms with E-state index < -0.39 is 34.5 Å². The Morgan fingerprint density at radius 1 is 0.769 bits per heavy atom. The number of nitro benzene ring substituents is 1. The van der Waals surface area contributed by atoms with Crippen LogP contribution in [0.4, 0.5) is 17.1 Å². The highest BCUT2D eigenvalue weighted by Gasteiger charge is 2.51. The van der Waals surface area contributed by atoms with Gasteiger partial charge in [0.15, 0.2) is 0 Å². The highest BCUT2D eigenvalue weighted by atomic mass is 16.6. The van der Waals surface area contributed by atoms with Crippen molar-refractivity contribution in [2.75, 3.05) is 10.0 Å². The summed E-state index contributed by atoms with van der Waals surface area (Å²) in [6.07, 6.45) is 0. The van der Waals surface area contributed by atoms with Gasteiger partial charge < -0.3 is 5.11 Å². The van der Waals surface area contributed by atoms with E-state index in [2.05, 4.69) is 10.2 Å². The maximum atomic E-state index is 13.9. The number of non-ortho nitro benzene ring substituents is 1. The number of phenolic OH excluding ortho intramolecular Hbond substituents is 1. The third-order valence-corrected chi connectivity index (χ3v) is 7.22. The molecule has 0 fully saturated rings. The lowest BCUT2D eigenvalue weighted by Gasteiger charge is -2.29. The van der Waals surface area contributed by atoms with Crippen LogP contribution in [0, 0.1) is 35.8 Å². The monoisotopic (exact) mass is 525 g/mol. The van der Waals surface area contributed by atoms with Crippen molar-refractivity contribution in [3.05, 3.63) is 93.5 Å². The van der Waals surface area contributed by atoms with Crippen LogP contribution in [0.25, 0.3) is 0 Å². The SMILES string of the molecule is CC1=NN(c2ccc(C)cc2)C(=O)C1C(c1cc([N+](=O)[O-])ccc1O)C1C(=O)N(c2ccc(C)cc2)N=C1C. The minimum atomic E-state index is -0.997. The number of phenols is 1. The maximum absolute atomic E-state index is 13.9. The Morgan fingerprint density at radius 2 is 1.21 bits per heavy atom.